The minimum atomic E-state index is -0.425. The Balaban J connectivity index is 1.67. The van der Waals surface area contributed by atoms with Crippen molar-refractivity contribution in [2.24, 2.45) is 0 Å². The van der Waals surface area contributed by atoms with Crippen LogP contribution in [0.5, 0.6) is 0 Å². The van der Waals surface area contributed by atoms with Crippen LogP contribution in [0.3, 0.4) is 0 Å². The standard InChI is InChI=1S/C17H13BrN2O3/c1-11-6-8-12(9-7-11)17(21)22-10-15-19-20-16(23-15)13-4-2-3-5-14(13)18/h2-9H,10H2,1H3. The van der Waals surface area contributed by atoms with Crippen molar-refractivity contribution in [3.8, 4) is 11.5 Å². The van der Waals surface area contributed by atoms with Crippen LogP contribution in [0.1, 0.15) is 21.8 Å². The van der Waals surface area contributed by atoms with Crippen LogP contribution in [-0.2, 0) is 11.3 Å². The highest BCUT2D eigenvalue weighted by atomic mass is 79.9. The van der Waals surface area contributed by atoms with Gasteiger partial charge in [-0.15, -0.1) is 10.2 Å². The molecule has 0 unspecified atom stereocenters. The largest absolute Gasteiger partial charge is 0.452 e. The molecule has 6 heteroatoms. The van der Waals surface area contributed by atoms with Crippen LogP contribution in [0.2, 0.25) is 0 Å². The molecule has 0 fully saturated rings. The zero-order valence-electron chi connectivity index (χ0n) is 12.3. The number of benzene rings is 2. The number of nitrogens with zero attached hydrogens (tertiary/aromatic N) is 2. The first-order valence-electron chi connectivity index (χ1n) is 6.94. The molecular weight excluding hydrogens is 360 g/mol. The number of carbonyl (C=O) groups is 1. The lowest BCUT2D eigenvalue weighted by atomic mass is 10.1. The van der Waals surface area contributed by atoms with Gasteiger partial charge in [0.15, 0.2) is 6.61 Å². The second-order valence-corrected chi connectivity index (χ2v) is 5.78. The Morgan fingerprint density at radius 2 is 1.87 bits per heavy atom. The maximum atomic E-state index is 11.9. The molecule has 0 aliphatic heterocycles. The third-order valence-electron chi connectivity index (χ3n) is 3.19. The Labute approximate surface area is 141 Å². The third kappa shape index (κ3) is 3.65. The summed E-state index contributed by atoms with van der Waals surface area (Å²) in [5, 5.41) is 7.87. The number of hydrogen-bond acceptors (Lipinski definition) is 5. The molecule has 3 aromatic rings. The molecule has 0 saturated heterocycles. The summed E-state index contributed by atoms with van der Waals surface area (Å²) in [6.45, 7) is 1.89. The predicted octanol–water partition coefficient (Wildman–Crippen LogP) is 4.16. The Hall–Kier alpha value is -2.47. The molecule has 0 aliphatic rings. The van der Waals surface area contributed by atoms with Gasteiger partial charge in [0, 0.05) is 4.47 Å². The van der Waals surface area contributed by atoms with Gasteiger partial charge < -0.3 is 9.15 Å². The van der Waals surface area contributed by atoms with E-state index in [9.17, 15) is 4.79 Å². The highest BCUT2D eigenvalue weighted by Gasteiger charge is 2.13. The van der Waals surface area contributed by atoms with Crippen LogP contribution in [-0.4, -0.2) is 16.2 Å². The highest BCUT2D eigenvalue weighted by Crippen LogP contribution is 2.26. The summed E-state index contributed by atoms with van der Waals surface area (Å²) in [4.78, 5) is 11.9. The van der Waals surface area contributed by atoms with Gasteiger partial charge in [0.2, 0.25) is 5.89 Å². The van der Waals surface area contributed by atoms with Gasteiger partial charge in [-0.25, -0.2) is 4.79 Å². The van der Waals surface area contributed by atoms with Crippen LogP contribution >= 0.6 is 15.9 Å². The van der Waals surface area contributed by atoms with Crippen molar-refractivity contribution in [2.45, 2.75) is 13.5 Å². The summed E-state index contributed by atoms with van der Waals surface area (Å²) >= 11 is 3.43. The first kappa shape index (κ1) is 15.4. The van der Waals surface area contributed by atoms with Crippen LogP contribution < -0.4 is 0 Å². The summed E-state index contributed by atoms with van der Waals surface area (Å²) in [6, 6.07) is 14.7. The first-order chi connectivity index (χ1) is 11.1. The van der Waals surface area contributed by atoms with Gasteiger partial charge in [-0.2, -0.15) is 0 Å². The minimum Gasteiger partial charge on any atom is -0.452 e. The Morgan fingerprint density at radius 3 is 2.61 bits per heavy atom. The number of esters is 1. The van der Waals surface area contributed by atoms with E-state index in [1.165, 1.54) is 0 Å². The fourth-order valence-electron chi connectivity index (χ4n) is 1.96. The van der Waals surface area contributed by atoms with Gasteiger partial charge in [0.05, 0.1) is 11.1 Å². The molecule has 1 aromatic heterocycles. The Bertz CT molecular complexity index is 828. The number of aryl methyl sites for hydroxylation is 1. The second kappa shape index (κ2) is 6.75. The van der Waals surface area contributed by atoms with E-state index in [4.69, 9.17) is 9.15 Å². The predicted molar refractivity (Wildman–Crippen MR) is 87.7 cm³/mol. The molecule has 0 amide bonds. The van der Waals surface area contributed by atoms with E-state index in [2.05, 4.69) is 26.1 Å². The second-order valence-electron chi connectivity index (χ2n) is 4.92. The monoisotopic (exact) mass is 372 g/mol. The summed E-state index contributed by atoms with van der Waals surface area (Å²) in [6.07, 6.45) is 0. The number of halogens is 1. The van der Waals surface area contributed by atoms with E-state index >= 15 is 0 Å². The molecule has 2 aromatic carbocycles. The number of ether oxygens (including phenoxy) is 1. The zero-order chi connectivity index (χ0) is 16.2. The summed E-state index contributed by atoms with van der Waals surface area (Å²) in [5.41, 5.74) is 2.36. The molecule has 0 radical (unpaired) electrons. The maximum Gasteiger partial charge on any atom is 0.338 e. The van der Waals surface area contributed by atoms with Crippen LogP contribution in [0, 0.1) is 6.92 Å². The van der Waals surface area contributed by atoms with Crippen molar-refractivity contribution < 1.29 is 13.9 Å². The SMILES string of the molecule is Cc1ccc(C(=O)OCc2nnc(-c3ccccc3Br)o2)cc1. The normalized spacial score (nSPS) is 10.5. The molecule has 0 aliphatic carbocycles. The zero-order valence-corrected chi connectivity index (χ0v) is 13.9. The molecule has 0 N–H and O–H groups in total. The summed E-state index contributed by atoms with van der Waals surface area (Å²) < 4.78 is 11.6. The van der Waals surface area contributed by atoms with E-state index < -0.39 is 5.97 Å². The molecule has 0 bridgehead atoms. The van der Waals surface area contributed by atoms with Gasteiger partial charge in [-0.3, -0.25) is 0 Å². The quantitative estimate of drug-likeness (QED) is 0.643. The average Bonchev–Trinajstić information content (AvgIpc) is 3.02. The lowest BCUT2D eigenvalue weighted by Gasteiger charge is -2.02. The van der Waals surface area contributed by atoms with E-state index in [1.807, 2.05) is 43.3 Å². The van der Waals surface area contributed by atoms with Gasteiger partial charge in [-0.1, -0.05) is 29.8 Å². The molecule has 3 rings (SSSR count). The van der Waals surface area contributed by atoms with Gasteiger partial charge in [0.1, 0.15) is 0 Å². The average molecular weight is 373 g/mol. The molecule has 5 nitrogen and oxygen atoms in total. The smallest absolute Gasteiger partial charge is 0.338 e. The van der Waals surface area contributed by atoms with Gasteiger partial charge in [0.25, 0.3) is 5.89 Å². The summed E-state index contributed by atoms with van der Waals surface area (Å²) in [5.74, 6) is 0.195. The maximum absolute atomic E-state index is 11.9. The van der Waals surface area contributed by atoms with E-state index in [1.54, 1.807) is 12.1 Å². The third-order valence-corrected chi connectivity index (χ3v) is 3.88. The Kier molecular flexibility index (Phi) is 4.52. The van der Waals surface area contributed by atoms with Crippen molar-refractivity contribution in [2.75, 3.05) is 0 Å². The number of aromatic nitrogens is 2. The van der Waals surface area contributed by atoms with Gasteiger partial charge >= 0.3 is 5.97 Å². The lowest BCUT2D eigenvalue weighted by molar-refractivity contribution is 0.0438. The number of hydrogen-bond donors (Lipinski definition) is 0. The van der Waals surface area contributed by atoms with Crippen LogP contribution in [0.15, 0.2) is 57.4 Å². The summed E-state index contributed by atoms with van der Waals surface area (Å²) in [7, 11) is 0. The topological polar surface area (TPSA) is 65.2 Å². The molecule has 0 saturated carbocycles. The number of rotatable bonds is 4. The van der Waals surface area contributed by atoms with Crippen molar-refractivity contribution in [3.63, 3.8) is 0 Å². The van der Waals surface area contributed by atoms with E-state index in [0.717, 1.165) is 15.6 Å². The van der Waals surface area contributed by atoms with Crippen molar-refractivity contribution in [1.29, 1.82) is 0 Å². The highest BCUT2D eigenvalue weighted by molar-refractivity contribution is 9.10. The number of carbonyl (C=O) groups excluding carboxylic acids is 1. The molecule has 116 valence electrons. The molecule has 0 spiro atoms. The molecular formula is C17H13BrN2O3. The van der Waals surface area contributed by atoms with Crippen molar-refractivity contribution >= 4 is 21.9 Å². The van der Waals surface area contributed by atoms with Crippen molar-refractivity contribution in [1.82, 2.24) is 10.2 Å². The minimum absolute atomic E-state index is 0.0653. The van der Waals surface area contributed by atoms with E-state index in [-0.39, 0.29) is 12.5 Å². The fraction of sp³-hybridized carbons (Fsp3) is 0.118. The first-order valence-corrected chi connectivity index (χ1v) is 7.74. The molecule has 23 heavy (non-hydrogen) atoms. The van der Waals surface area contributed by atoms with Crippen molar-refractivity contribution in [3.05, 3.63) is 70.0 Å². The van der Waals surface area contributed by atoms with Crippen LogP contribution in [0.25, 0.3) is 11.5 Å². The van der Waals surface area contributed by atoms with E-state index in [0.29, 0.717) is 11.5 Å². The lowest BCUT2D eigenvalue weighted by Crippen LogP contribution is -2.05. The van der Waals surface area contributed by atoms with Crippen LogP contribution in [0.4, 0.5) is 0 Å². The molecule has 0 atom stereocenters. The molecule has 1 heterocycles. The fourth-order valence-corrected chi connectivity index (χ4v) is 2.41. The van der Waals surface area contributed by atoms with Gasteiger partial charge in [-0.05, 0) is 47.1 Å². The Morgan fingerprint density at radius 1 is 1.13 bits per heavy atom.